The maximum Gasteiger partial charge on any atom is 0.262 e. The van der Waals surface area contributed by atoms with E-state index >= 15 is 0 Å². The van der Waals surface area contributed by atoms with Crippen LogP contribution in [0.15, 0.2) is 47.4 Å². The topological polar surface area (TPSA) is 72.5 Å². The Morgan fingerprint density at radius 1 is 1.17 bits per heavy atom. The Hall–Kier alpha value is -1.76. The van der Waals surface area contributed by atoms with Crippen molar-refractivity contribution >= 4 is 44.6 Å². The minimum Gasteiger partial charge on any atom is -0.482 e. The van der Waals surface area contributed by atoms with Crippen molar-refractivity contribution in [3.05, 3.63) is 52.5 Å². The highest BCUT2D eigenvalue weighted by atomic mass is 35.5. The predicted octanol–water partition coefficient (Wildman–Crippen LogP) is 3.41. The smallest absolute Gasteiger partial charge is 0.262 e. The minimum atomic E-state index is -3.45. The van der Waals surface area contributed by atoms with Crippen LogP contribution in [0.25, 0.3) is 0 Å². The Labute approximate surface area is 144 Å². The number of hydrogen-bond donors (Lipinski definition) is 1. The number of hydrogen-bond acceptors (Lipinski definition) is 4. The van der Waals surface area contributed by atoms with E-state index in [1.54, 1.807) is 24.3 Å². The van der Waals surface area contributed by atoms with E-state index in [4.69, 9.17) is 27.9 Å². The van der Waals surface area contributed by atoms with Crippen molar-refractivity contribution < 1.29 is 17.9 Å². The normalized spacial score (nSPS) is 11.1. The lowest BCUT2D eigenvalue weighted by Gasteiger charge is -2.11. The molecule has 0 aliphatic heterocycles. The summed E-state index contributed by atoms with van der Waals surface area (Å²) in [4.78, 5) is 12.0. The molecule has 2 aromatic rings. The summed E-state index contributed by atoms with van der Waals surface area (Å²) in [6.45, 7) is -0.335. The van der Waals surface area contributed by atoms with Crippen LogP contribution in [0.1, 0.15) is 0 Å². The van der Waals surface area contributed by atoms with E-state index in [2.05, 4.69) is 5.32 Å². The Bertz CT molecular complexity index is 837. The summed E-state index contributed by atoms with van der Waals surface area (Å²) >= 11 is 11.8. The highest BCUT2D eigenvalue weighted by Gasteiger charge is 2.15. The predicted molar refractivity (Wildman–Crippen MR) is 90.1 cm³/mol. The number of benzene rings is 2. The van der Waals surface area contributed by atoms with E-state index in [0.717, 1.165) is 6.26 Å². The summed E-state index contributed by atoms with van der Waals surface area (Å²) in [5, 5.41) is 3.24. The number of rotatable bonds is 5. The molecule has 0 saturated carbocycles. The number of nitrogens with one attached hydrogen (secondary N) is 1. The maximum absolute atomic E-state index is 12.0. The summed E-state index contributed by atoms with van der Waals surface area (Å²) < 4.78 is 28.7. The highest BCUT2D eigenvalue weighted by Crippen LogP contribution is 2.27. The van der Waals surface area contributed by atoms with E-state index in [9.17, 15) is 13.2 Å². The summed E-state index contributed by atoms with van der Waals surface area (Å²) in [6, 6.07) is 10.8. The van der Waals surface area contributed by atoms with Crippen molar-refractivity contribution in [2.45, 2.75) is 4.90 Å². The van der Waals surface area contributed by atoms with Crippen molar-refractivity contribution in [2.24, 2.45) is 0 Å². The molecule has 0 unspecified atom stereocenters. The Balaban J connectivity index is 2.08. The first kappa shape index (κ1) is 17.6. The van der Waals surface area contributed by atoms with Crippen LogP contribution in [-0.4, -0.2) is 27.2 Å². The lowest BCUT2D eigenvalue weighted by Crippen LogP contribution is -2.21. The summed E-state index contributed by atoms with van der Waals surface area (Å²) in [7, 11) is -3.45. The van der Waals surface area contributed by atoms with Crippen LogP contribution < -0.4 is 10.1 Å². The molecule has 1 N–H and O–H groups in total. The number of carbonyl (C=O) groups excluding carboxylic acids is 1. The molecule has 8 heteroatoms. The van der Waals surface area contributed by atoms with Crippen LogP contribution >= 0.6 is 23.2 Å². The molecule has 0 spiro atoms. The molecule has 0 bridgehead atoms. The van der Waals surface area contributed by atoms with Crippen LogP contribution in [0.5, 0.6) is 5.75 Å². The van der Waals surface area contributed by atoms with E-state index in [1.165, 1.54) is 18.2 Å². The lowest BCUT2D eigenvalue weighted by atomic mass is 10.3. The van der Waals surface area contributed by atoms with E-state index in [1.807, 2.05) is 0 Å². The third kappa shape index (κ3) is 4.86. The Morgan fingerprint density at radius 3 is 2.57 bits per heavy atom. The van der Waals surface area contributed by atoms with Crippen molar-refractivity contribution in [3.63, 3.8) is 0 Å². The summed E-state index contributed by atoms with van der Waals surface area (Å²) in [5.41, 5.74) is 0.195. The minimum absolute atomic E-state index is 0.0362. The average Bonchev–Trinajstić information content (AvgIpc) is 2.47. The molecule has 1 amide bonds. The van der Waals surface area contributed by atoms with Crippen LogP contribution in [0.2, 0.25) is 10.0 Å². The zero-order valence-corrected chi connectivity index (χ0v) is 14.4. The lowest BCUT2D eigenvalue weighted by molar-refractivity contribution is -0.118. The second-order valence-corrected chi connectivity index (χ2v) is 7.51. The van der Waals surface area contributed by atoms with Gasteiger partial charge in [-0.05, 0) is 24.3 Å². The van der Waals surface area contributed by atoms with Gasteiger partial charge in [-0.25, -0.2) is 8.42 Å². The molecule has 23 heavy (non-hydrogen) atoms. The quantitative estimate of drug-likeness (QED) is 0.871. The monoisotopic (exact) mass is 373 g/mol. The van der Waals surface area contributed by atoms with Gasteiger partial charge < -0.3 is 10.1 Å². The number of para-hydroxylation sites is 1. The maximum atomic E-state index is 12.0. The van der Waals surface area contributed by atoms with Gasteiger partial charge in [0.1, 0.15) is 5.75 Å². The fourth-order valence-electron chi connectivity index (χ4n) is 1.81. The van der Waals surface area contributed by atoms with Crippen molar-refractivity contribution in [2.75, 3.05) is 18.2 Å². The molecular formula is C15H13Cl2NO4S. The van der Waals surface area contributed by atoms with Gasteiger partial charge in [0.25, 0.3) is 5.91 Å². The van der Waals surface area contributed by atoms with Crippen molar-refractivity contribution in [1.29, 1.82) is 0 Å². The number of amides is 1. The Morgan fingerprint density at radius 2 is 1.87 bits per heavy atom. The van der Waals surface area contributed by atoms with Crippen LogP contribution in [-0.2, 0) is 14.6 Å². The zero-order valence-electron chi connectivity index (χ0n) is 12.0. The number of carbonyl (C=O) groups is 1. The molecular weight excluding hydrogens is 361 g/mol. The molecule has 0 radical (unpaired) electrons. The molecule has 2 rings (SSSR count). The molecule has 0 saturated heterocycles. The third-order valence-electron chi connectivity index (χ3n) is 2.81. The van der Waals surface area contributed by atoms with E-state index in [-0.39, 0.29) is 22.9 Å². The second-order valence-electron chi connectivity index (χ2n) is 4.68. The zero-order chi connectivity index (χ0) is 17.0. The molecule has 0 fully saturated rings. The van der Waals surface area contributed by atoms with Gasteiger partial charge in [0.15, 0.2) is 16.4 Å². The second kappa shape index (κ2) is 7.21. The first-order chi connectivity index (χ1) is 10.8. The fourth-order valence-corrected chi connectivity index (χ4v) is 2.99. The SMILES string of the molecule is CS(=O)(=O)c1ccccc1NC(=O)COc1cc(Cl)ccc1Cl. The number of anilines is 1. The van der Waals surface area contributed by atoms with E-state index < -0.39 is 15.7 Å². The summed E-state index contributed by atoms with van der Waals surface area (Å²) in [6.07, 6.45) is 1.07. The van der Waals surface area contributed by atoms with Gasteiger partial charge in [-0.2, -0.15) is 0 Å². The molecule has 0 aliphatic rings. The van der Waals surface area contributed by atoms with Gasteiger partial charge in [-0.15, -0.1) is 0 Å². The molecule has 122 valence electrons. The van der Waals surface area contributed by atoms with Gasteiger partial charge in [0.2, 0.25) is 0 Å². The first-order valence-electron chi connectivity index (χ1n) is 6.44. The van der Waals surface area contributed by atoms with Gasteiger partial charge in [-0.1, -0.05) is 35.3 Å². The van der Waals surface area contributed by atoms with Crippen LogP contribution in [0, 0.1) is 0 Å². The molecule has 0 aliphatic carbocycles. The van der Waals surface area contributed by atoms with Gasteiger partial charge in [-0.3, -0.25) is 4.79 Å². The number of halogens is 2. The fraction of sp³-hybridized carbons (Fsp3) is 0.133. The van der Waals surface area contributed by atoms with E-state index in [0.29, 0.717) is 10.0 Å². The van der Waals surface area contributed by atoms with Crippen molar-refractivity contribution in [1.82, 2.24) is 0 Å². The summed E-state index contributed by atoms with van der Waals surface area (Å²) in [5.74, 6) is -0.247. The average molecular weight is 374 g/mol. The van der Waals surface area contributed by atoms with Gasteiger partial charge in [0, 0.05) is 17.3 Å². The molecule has 0 aromatic heterocycles. The molecule has 0 heterocycles. The van der Waals surface area contributed by atoms with Crippen LogP contribution in [0.4, 0.5) is 5.69 Å². The van der Waals surface area contributed by atoms with Gasteiger partial charge in [0.05, 0.1) is 15.6 Å². The number of ether oxygens (including phenoxy) is 1. The van der Waals surface area contributed by atoms with Crippen LogP contribution in [0.3, 0.4) is 0 Å². The molecule has 0 atom stereocenters. The largest absolute Gasteiger partial charge is 0.482 e. The highest BCUT2D eigenvalue weighted by molar-refractivity contribution is 7.90. The standard InChI is InChI=1S/C15H13Cl2NO4S/c1-23(20,21)14-5-3-2-4-12(14)18-15(19)9-22-13-8-10(16)6-7-11(13)17/h2-8H,9H2,1H3,(H,18,19). The molecule has 5 nitrogen and oxygen atoms in total. The Kier molecular flexibility index (Phi) is 5.51. The molecule has 2 aromatic carbocycles. The first-order valence-corrected chi connectivity index (χ1v) is 9.09. The third-order valence-corrected chi connectivity index (χ3v) is 4.51. The van der Waals surface area contributed by atoms with Crippen molar-refractivity contribution in [3.8, 4) is 5.75 Å². The number of sulfone groups is 1. The van der Waals surface area contributed by atoms with Gasteiger partial charge >= 0.3 is 0 Å².